The predicted octanol–water partition coefficient (Wildman–Crippen LogP) is 5.62. The van der Waals surface area contributed by atoms with Crippen LogP contribution in [0.4, 0.5) is 0 Å². The average molecular weight is 418 g/mol. The number of nitrogens with zero attached hydrogens (tertiary/aromatic N) is 2. The van der Waals surface area contributed by atoms with Crippen molar-refractivity contribution in [1.29, 1.82) is 5.26 Å². The van der Waals surface area contributed by atoms with Crippen LogP contribution in [0.25, 0.3) is 17.0 Å². The van der Waals surface area contributed by atoms with E-state index in [1.165, 1.54) is 0 Å². The molecule has 1 N–H and O–H groups in total. The first-order chi connectivity index (χ1) is 14.6. The summed E-state index contributed by atoms with van der Waals surface area (Å²) in [6, 6.07) is 18.1. The molecule has 1 saturated carbocycles. The molecule has 30 heavy (non-hydrogen) atoms. The van der Waals surface area contributed by atoms with Crippen molar-refractivity contribution in [2.75, 3.05) is 0 Å². The molecule has 5 heteroatoms. The van der Waals surface area contributed by atoms with Gasteiger partial charge in [-0.25, -0.2) is 0 Å². The summed E-state index contributed by atoms with van der Waals surface area (Å²) in [7, 11) is 0. The number of hydrogen-bond donors (Lipinski definition) is 1. The van der Waals surface area contributed by atoms with Crippen molar-refractivity contribution in [2.24, 2.45) is 0 Å². The zero-order valence-corrected chi connectivity index (χ0v) is 17.7. The minimum Gasteiger partial charge on any atom is -0.349 e. The fourth-order valence-electron chi connectivity index (χ4n) is 4.27. The molecule has 0 radical (unpaired) electrons. The lowest BCUT2D eigenvalue weighted by atomic mass is 10.1. The Kier molecular flexibility index (Phi) is 5.92. The molecule has 3 aromatic rings. The van der Waals surface area contributed by atoms with Crippen LogP contribution in [0.15, 0.2) is 54.1 Å². The highest BCUT2D eigenvalue weighted by atomic mass is 35.5. The second-order valence-corrected chi connectivity index (χ2v) is 8.23. The van der Waals surface area contributed by atoms with E-state index in [1.54, 1.807) is 6.08 Å². The van der Waals surface area contributed by atoms with E-state index in [-0.39, 0.29) is 17.5 Å². The lowest BCUT2D eigenvalue weighted by molar-refractivity contribution is -0.117. The number of carbonyl (C=O) groups excluding carboxylic acids is 1. The van der Waals surface area contributed by atoms with E-state index in [0.717, 1.165) is 58.4 Å². The second kappa shape index (κ2) is 8.77. The zero-order valence-electron chi connectivity index (χ0n) is 17.0. The zero-order chi connectivity index (χ0) is 21.1. The van der Waals surface area contributed by atoms with E-state index < -0.39 is 0 Å². The van der Waals surface area contributed by atoms with Gasteiger partial charge in [-0.2, -0.15) is 5.26 Å². The second-order valence-electron chi connectivity index (χ2n) is 7.82. The maximum absolute atomic E-state index is 12.7. The summed E-state index contributed by atoms with van der Waals surface area (Å²) in [5, 5.41) is 14.4. The Morgan fingerprint density at radius 3 is 2.63 bits per heavy atom. The first-order valence-corrected chi connectivity index (χ1v) is 10.7. The highest BCUT2D eigenvalue weighted by molar-refractivity contribution is 6.31. The number of nitriles is 1. The highest BCUT2D eigenvalue weighted by Crippen LogP contribution is 2.30. The van der Waals surface area contributed by atoms with Gasteiger partial charge >= 0.3 is 0 Å². The molecule has 4 rings (SSSR count). The molecule has 0 bridgehead atoms. The number of nitrogens with one attached hydrogen (secondary N) is 1. The van der Waals surface area contributed by atoms with Gasteiger partial charge in [0.2, 0.25) is 0 Å². The van der Waals surface area contributed by atoms with Crippen molar-refractivity contribution < 1.29 is 4.79 Å². The molecule has 0 aliphatic heterocycles. The Hall–Kier alpha value is -3.03. The summed E-state index contributed by atoms with van der Waals surface area (Å²) in [4.78, 5) is 12.7. The van der Waals surface area contributed by atoms with Gasteiger partial charge < -0.3 is 9.88 Å². The molecule has 1 amide bonds. The molecule has 4 nitrogen and oxygen atoms in total. The van der Waals surface area contributed by atoms with Gasteiger partial charge in [0.25, 0.3) is 5.91 Å². The lowest BCUT2D eigenvalue weighted by Gasteiger charge is -2.11. The summed E-state index contributed by atoms with van der Waals surface area (Å²) >= 11 is 6.39. The van der Waals surface area contributed by atoms with E-state index in [2.05, 4.69) is 22.0 Å². The molecule has 1 heterocycles. The maximum atomic E-state index is 12.7. The summed E-state index contributed by atoms with van der Waals surface area (Å²) in [5.41, 5.74) is 4.12. The minimum absolute atomic E-state index is 0.144. The van der Waals surface area contributed by atoms with Crippen molar-refractivity contribution in [1.82, 2.24) is 9.88 Å². The van der Waals surface area contributed by atoms with E-state index in [9.17, 15) is 10.1 Å². The largest absolute Gasteiger partial charge is 0.349 e. The van der Waals surface area contributed by atoms with Crippen molar-refractivity contribution in [3.8, 4) is 6.07 Å². The predicted molar refractivity (Wildman–Crippen MR) is 121 cm³/mol. The Morgan fingerprint density at radius 2 is 1.90 bits per heavy atom. The van der Waals surface area contributed by atoms with Crippen LogP contribution in [0.3, 0.4) is 0 Å². The number of halogens is 1. The van der Waals surface area contributed by atoms with Crippen LogP contribution in [-0.2, 0) is 11.3 Å². The topological polar surface area (TPSA) is 57.8 Å². The lowest BCUT2D eigenvalue weighted by Crippen LogP contribution is -2.33. The molecule has 1 aliphatic rings. The van der Waals surface area contributed by atoms with Gasteiger partial charge in [-0.1, -0.05) is 60.8 Å². The van der Waals surface area contributed by atoms with Gasteiger partial charge in [-0.15, -0.1) is 0 Å². The molecule has 1 fully saturated rings. The van der Waals surface area contributed by atoms with Gasteiger partial charge in [-0.3, -0.25) is 4.79 Å². The van der Waals surface area contributed by atoms with Crippen LogP contribution in [0.5, 0.6) is 0 Å². The minimum atomic E-state index is -0.285. The third-order valence-electron chi connectivity index (χ3n) is 5.91. The molecule has 152 valence electrons. The molecular weight excluding hydrogens is 394 g/mol. The Balaban J connectivity index is 1.74. The molecule has 0 atom stereocenters. The Labute approximate surface area is 181 Å². The Morgan fingerprint density at radius 1 is 1.20 bits per heavy atom. The quantitative estimate of drug-likeness (QED) is 0.432. The molecule has 0 unspecified atom stereocenters. The molecule has 1 aliphatic carbocycles. The normalized spacial score (nSPS) is 14.8. The van der Waals surface area contributed by atoms with Crippen molar-refractivity contribution in [3.05, 3.63) is 75.9 Å². The fraction of sp³-hybridized carbons (Fsp3) is 0.280. The molecular formula is C25H24ClN3O. The number of hydrogen-bond acceptors (Lipinski definition) is 2. The molecule has 2 aromatic carbocycles. The van der Waals surface area contributed by atoms with Crippen molar-refractivity contribution in [3.63, 3.8) is 0 Å². The number of amides is 1. The average Bonchev–Trinajstić information content (AvgIpc) is 3.35. The monoisotopic (exact) mass is 417 g/mol. The van der Waals surface area contributed by atoms with E-state index in [0.29, 0.717) is 6.54 Å². The van der Waals surface area contributed by atoms with Gasteiger partial charge in [0, 0.05) is 39.8 Å². The summed E-state index contributed by atoms with van der Waals surface area (Å²) in [6.45, 7) is 2.64. The van der Waals surface area contributed by atoms with Crippen LogP contribution in [0, 0.1) is 18.3 Å². The number of para-hydroxylation sites is 1. The number of aromatic nitrogens is 1. The fourth-order valence-corrected chi connectivity index (χ4v) is 4.46. The molecule has 1 aromatic heterocycles. The highest BCUT2D eigenvalue weighted by Gasteiger charge is 2.21. The Bertz CT molecular complexity index is 1160. The van der Waals surface area contributed by atoms with Crippen LogP contribution < -0.4 is 5.32 Å². The number of benzene rings is 2. The van der Waals surface area contributed by atoms with Crippen LogP contribution in [0.2, 0.25) is 5.02 Å². The first kappa shape index (κ1) is 20.3. The van der Waals surface area contributed by atoms with E-state index >= 15 is 0 Å². The summed E-state index contributed by atoms with van der Waals surface area (Å²) < 4.78 is 2.19. The summed E-state index contributed by atoms with van der Waals surface area (Å²) in [6.07, 6.45) is 5.96. The van der Waals surface area contributed by atoms with Crippen LogP contribution >= 0.6 is 11.6 Å². The summed E-state index contributed by atoms with van der Waals surface area (Å²) in [5.74, 6) is -0.285. The standard InChI is InChI=1S/C25H24ClN3O/c1-17-22(14-19(15-27)25(30)28-20-9-3-4-10-20)21-11-5-7-13-24(21)29(17)16-18-8-2-6-12-23(18)26/h2,5-8,11-14,20H,3-4,9-10,16H2,1H3,(H,28,30)/b19-14-. The van der Waals surface area contributed by atoms with Gasteiger partial charge in [0.15, 0.2) is 0 Å². The smallest absolute Gasteiger partial charge is 0.262 e. The van der Waals surface area contributed by atoms with Gasteiger partial charge in [-0.05, 0) is 43.5 Å². The van der Waals surface area contributed by atoms with Gasteiger partial charge in [0.05, 0.1) is 0 Å². The number of carbonyl (C=O) groups is 1. The third kappa shape index (κ3) is 3.99. The van der Waals surface area contributed by atoms with E-state index in [4.69, 9.17) is 11.6 Å². The SMILES string of the molecule is Cc1c(/C=C(/C#N)C(=O)NC2CCCC2)c2ccccc2n1Cc1ccccc1Cl. The van der Waals surface area contributed by atoms with Crippen molar-refractivity contribution >= 4 is 34.5 Å². The maximum Gasteiger partial charge on any atom is 0.262 e. The molecule has 0 saturated heterocycles. The molecule has 0 spiro atoms. The van der Waals surface area contributed by atoms with Crippen LogP contribution in [0.1, 0.15) is 42.5 Å². The first-order valence-electron chi connectivity index (χ1n) is 10.3. The van der Waals surface area contributed by atoms with Crippen molar-refractivity contribution in [2.45, 2.75) is 45.2 Å². The number of rotatable bonds is 5. The van der Waals surface area contributed by atoms with Crippen LogP contribution in [-0.4, -0.2) is 16.5 Å². The van der Waals surface area contributed by atoms with Gasteiger partial charge in [0.1, 0.15) is 11.6 Å². The third-order valence-corrected chi connectivity index (χ3v) is 6.28. The number of fused-ring (bicyclic) bond motifs is 1. The van der Waals surface area contributed by atoms with E-state index in [1.807, 2.05) is 49.4 Å².